The van der Waals surface area contributed by atoms with Crippen molar-refractivity contribution in [1.29, 1.82) is 0 Å². The molecule has 1 aliphatic rings. The summed E-state index contributed by atoms with van der Waals surface area (Å²) in [7, 11) is 1.93. The maximum absolute atomic E-state index is 12.9. The summed E-state index contributed by atoms with van der Waals surface area (Å²) >= 11 is 1.50. The van der Waals surface area contributed by atoms with Crippen LogP contribution in [0.5, 0.6) is 0 Å². The number of aryl methyl sites for hydroxylation is 2. The largest absolute Gasteiger partial charge is 0.338 e. The number of para-hydroxylation sites is 1. The smallest absolute Gasteiger partial charge is 0.233 e. The lowest BCUT2D eigenvalue weighted by atomic mass is 9.87. The van der Waals surface area contributed by atoms with Gasteiger partial charge in [-0.3, -0.25) is 4.79 Å². The van der Waals surface area contributed by atoms with Gasteiger partial charge in [0.2, 0.25) is 5.91 Å². The highest BCUT2D eigenvalue weighted by molar-refractivity contribution is 8.00. The average molecular weight is 378 g/mol. The molecule has 3 aromatic rings. The molecule has 1 heterocycles. The second kappa shape index (κ2) is 7.69. The van der Waals surface area contributed by atoms with E-state index < -0.39 is 0 Å². The molecule has 2 aromatic carbocycles. The van der Waals surface area contributed by atoms with Crippen molar-refractivity contribution >= 4 is 28.6 Å². The third-order valence-electron chi connectivity index (χ3n) is 5.21. The molecule has 0 spiro atoms. The Morgan fingerprint density at radius 3 is 2.81 bits per heavy atom. The highest BCUT2D eigenvalue weighted by atomic mass is 32.2. The Hall–Kier alpha value is -2.40. The van der Waals surface area contributed by atoms with Gasteiger partial charge in [0.1, 0.15) is 10.9 Å². The second-order valence-corrected chi connectivity index (χ2v) is 7.96. The third-order valence-corrected chi connectivity index (χ3v) is 6.19. The van der Waals surface area contributed by atoms with Gasteiger partial charge in [0.15, 0.2) is 0 Å². The Bertz CT molecular complexity index is 988. The second-order valence-electron chi connectivity index (χ2n) is 6.99. The molecule has 0 fully saturated rings. The number of hydrogen-bond acceptors (Lipinski definition) is 4. The zero-order valence-electron chi connectivity index (χ0n) is 15.7. The van der Waals surface area contributed by atoms with Crippen LogP contribution in [0, 0.1) is 6.92 Å². The van der Waals surface area contributed by atoms with Gasteiger partial charge in [0.05, 0.1) is 17.3 Å². The molecule has 0 aliphatic heterocycles. The Labute approximate surface area is 164 Å². The predicted molar refractivity (Wildman–Crippen MR) is 110 cm³/mol. The number of rotatable bonds is 4. The minimum atomic E-state index is 0.141. The van der Waals surface area contributed by atoms with E-state index in [2.05, 4.69) is 34.2 Å². The summed E-state index contributed by atoms with van der Waals surface area (Å²) in [5, 5.41) is 1.88. The van der Waals surface area contributed by atoms with Crippen LogP contribution in [0.15, 0.2) is 53.6 Å². The van der Waals surface area contributed by atoms with Crippen molar-refractivity contribution in [1.82, 2.24) is 14.9 Å². The van der Waals surface area contributed by atoms with Gasteiger partial charge in [0, 0.05) is 12.4 Å². The molecule has 1 atom stereocenters. The number of amides is 1. The molecule has 0 radical (unpaired) electrons. The normalized spacial score (nSPS) is 16.1. The van der Waals surface area contributed by atoms with Crippen LogP contribution in [0.4, 0.5) is 0 Å². The first-order valence-corrected chi connectivity index (χ1v) is 10.3. The average Bonchev–Trinajstić information content (AvgIpc) is 2.70. The first-order valence-electron chi connectivity index (χ1n) is 9.33. The Balaban J connectivity index is 1.51. The molecule has 0 bridgehead atoms. The van der Waals surface area contributed by atoms with Crippen LogP contribution in [-0.4, -0.2) is 33.6 Å². The van der Waals surface area contributed by atoms with E-state index in [0.29, 0.717) is 5.75 Å². The van der Waals surface area contributed by atoms with Gasteiger partial charge in [-0.2, -0.15) is 0 Å². The lowest BCUT2D eigenvalue weighted by Gasteiger charge is -2.33. The zero-order chi connectivity index (χ0) is 18.8. The third kappa shape index (κ3) is 3.69. The molecule has 0 unspecified atom stereocenters. The number of fused-ring (bicyclic) bond motifs is 2. The van der Waals surface area contributed by atoms with E-state index in [1.54, 1.807) is 0 Å². The number of nitrogens with zero attached hydrogens (tertiary/aromatic N) is 3. The van der Waals surface area contributed by atoms with Gasteiger partial charge in [-0.05, 0) is 43.4 Å². The topological polar surface area (TPSA) is 46.1 Å². The Morgan fingerprint density at radius 1 is 1.15 bits per heavy atom. The van der Waals surface area contributed by atoms with Crippen LogP contribution in [0.2, 0.25) is 0 Å². The minimum Gasteiger partial charge on any atom is -0.338 e. The van der Waals surface area contributed by atoms with Crippen molar-refractivity contribution in [3.8, 4) is 0 Å². The van der Waals surface area contributed by atoms with Crippen molar-refractivity contribution < 1.29 is 4.79 Å². The van der Waals surface area contributed by atoms with E-state index in [4.69, 9.17) is 0 Å². The maximum Gasteiger partial charge on any atom is 0.233 e. The van der Waals surface area contributed by atoms with E-state index in [1.165, 1.54) is 22.9 Å². The highest BCUT2D eigenvalue weighted by Gasteiger charge is 2.26. The van der Waals surface area contributed by atoms with Crippen molar-refractivity contribution in [3.63, 3.8) is 0 Å². The number of benzene rings is 2. The highest BCUT2D eigenvalue weighted by Crippen LogP contribution is 2.34. The summed E-state index contributed by atoms with van der Waals surface area (Å²) in [5.74, 6) is 1.26. The van der Waals surface area contributed by atoms with Crippen molar-refractivity contribution in [2.45, 2.75) is 37.3 Å². The fourth-order valence-corrected chi connectivity index (χ4v) is 4.79. The number of carbonyl (C=O) groups is 1. The van der Waals surface area contributed by atoms with Crippen LogP contribution in [0.25, 0.3) is 10.9 Å². The fraction of sp³-hybridized carbons (Fsp3) is 0.318. The predicted octanol–water partition coefficient (Wildman–Crippen LogP) is 4.57. The number of hydrogen-bond donors (Lipinski definition) is 0. The van der Waals surface area contributed by atoms with Gasteiger partial charge in [0.25, 0.3) is 0 Å². The molecule has 4 nitrogen and oxygen atoms in total. The van der Waals surface area contributed by atoms with Crippen LogP contribution in [0.3, 0.4) is 0 Å². The molecular formula is C22H23N3OS. The standard InChI is InChI=1S/C22H23N3OS/c1-15-23-19-12-6-5-11-18(19)22(24-15)27-14-21(26)25(2)20-13-7-9-16-8-3-4-10-17(16)20/h3-6,8,10-12,20H,7,9,13-14H2,1-2H3/t20-/m1/s1. The first-order chi connectivity index (χ1) is 13.1. The number of thioether (sulfide) groups is 1. The summed E-state index contributed by atoms with van der Waals surface area (Å²) in [6, 6.07) is 16.6. The fourth-order valence-electron chi connectivity index (χ4n) is 3.80. The number of carbonyl (C=O) groups excluding carboxylic acids is 1. The van der Waals surface area contributed by atoms with Gasteiger partial charge in [-0.15, -0.1) is 0 Å². The van der Waals surface area contributed by atoms with Gasteiger partial charge >= 0.3 is 0 Å². The summed E-state index contributed by atoms with van der Waals surface area (Å²) < 4.78 is 0. The Morgan fingerprint density at radius 2 is 1.93 bits per heavy atom. The minimum absolute atomic E-state index is 0.141. The van der Waals surface area contributed by atoms with Crippen LogP contribution in [0.1, 0.15) is 35.8 Å². The monoisotopic (exact) mass is 377 g/mol. The van der Waals surface area contributed by atoms with Gasteiger partial charge in [-0.25, -0.2) is 9.97 Å². The molecule has 5 heteroatoms. The van der Waals surface area contributed by atoms with Crippen molar-refractivity contribution in [2.24, 2.45) is 0 Å². The molecule has 4 rings (SSSR count). The maximum atomic E-state index is 12.9. The molecule has 138 valence electrons. The van der Waals surface area contributed by atoms with Crippen LogP contribution in [-0.2, 0) is 11.2 Å². The zero-order valence-corrected chi connectivity index (χ0v) is 16.5. The van der Waals surface area contributed by atoms with Crippen molar-refractivity contribution in [3.05, 3.63) is 65.5 Å². The molecule has 1 aliphatic carbocycles. The quantitative estimate of drug-likeness (QED) is 0.494. The molecular weight excluding hydrogens is 354 g/mol. The Kier molecular flexibility index (Phi) is 5.12. The van der Waals surface area contributed by atoms with E-state index in [0.717, 1.165) is 41.0 Å². The molecule has 0 saturated carbocycles. The molecule has 27 heavy (non-hydrogen) atoms. The van der Waals surface area contributed by atoms with E-state index >= 15 is 0 Å². The first kappa shape index (κ1) is 18.0. The summed E-state index contributed by atoms with van der Waals surface area (Å²) in [6.45, 7) is 1.89. The van der Waals surface area contributed by atoms with E-state index in [-0.39, 0.29) is 11.9 Å². The SMILES string of the molecule is Cc1nc(SCC(=O)N(C)[C@@H]2CCCc3ccccc32)c2ccccc2n1. The summed E-state index contributed by atoms with van der Waals surface area (Å²) in [5.41, 5.74) is 3.60. The van der Waals surface area contributed by atoms with E-state index in [1.807, 2.05) is 43.1 Å². The van der Waals surface area contributed by atoms with E-state index in [9.17, 15) is 4.79 Å². The molecule has 1 aromatic heterocycles. The number of aromatic nitrogens is 2. The summed E-state index contributed by atoms with van der Waals surface area (Å²) in [6.07, 6.45) is 3.26. The summed E-state index contributed by atoms with van der Waals surface area (Å²) in [4.78, 5) is 23.9. The lowest BCUT2D eigenvalue weighted by molar-refractivity contribution is -0.129. The van der Waals surface area contributed by atoms with Crippen LogP contribution >= 0.6 is 11.8 Å². The van der Waals surface area contributed by atoms with Crippen molar-refractivity contribution in [2.75, 3.05) is 12.8 Å². The van der Waals surface area contributed by atoms with Gasteiger partial charge < -0.3 is 4.90 Å². The molecule has 0 N–H and O–H groups in total. The van der Waals surface area contributed by atoms with Gasteiger partial charge in [-0.1, -0.05) is 54.2 Å². The van der Waals surface area contributed by atoms with Crippen LogP contribution < -0.4 is 0 Å². The molecule has 0 saturated heterocycles. The molecule has 1 amide bonds. The lowest BCUT2D eigenvalue weighted by Crippen LogP contribution is -2.34.